The Kier molecular flexibility index (Phi) is 6.34. The zero-order valence-corrected chi connectivity index (χ0v) is 14.1. The molecule has 2 saturated heterocycles. The molecule has 0 aromatic rings. The second kappa shape index (κ2) is 8.05. The predicted molar refractivity (Wildman–Crippen MR) is 85.0 cm³/mol. The molecule has 0 radical (unpaired) electrons. The van der Waals surface area contributed by atoms with Crippen LogP contribution in [0, 0.1) is 0 Å². The van der Waals surface area contributed by atoms with Gasteiger partial charge in [-0.1, -0.05) is 0 Å². The van der Waals surface area contributed by atoms with E-state index in [1.54, 1.807) is 18.9 Å². The molecule has 0 aliphatic carbocycles. The van der Waals surface area contributed by atoms with E-state index in [4.69, 9.17) is 9.84 Å². The van der Waals surface area contributed by atoms with E-state index in [9.17, 15) is 9.59 Å². The molecule has 2 heterocycles. The number of carbonyl (C=O) groups is 2. The fourth-order valence-corrected chi connectivity index (χ4v) is 3.09. The molecule has 0 aromatic heterocycles. The normalized spacial score (nSPS) is 27.0. The number of ether oxygens (including phenoxy) is 1. The van der Waals surface area contributed by atoms with E-state index in [0.717, 1.165) is 26.2 Å². The molecule has 0 saturated carbocycles. The van der Waals surface area contributed by atoms with Crippen LogP contribution < -0.4 is 5.32 Å². The molecule has 2 amide bonds. The third-order valence-corrected chi connectivity index (χ3v) is 4.57. The summed E-state index contributed by atoms with van der Waals surface area (Å²) in [5, 5.41) is 11.5. The van der Waals surface area contributed by atoms with E-state index in [0.29, 0.717) is 26.2 Å². The average Bonchev–Trinajstić information content (AvgIpc) is 2.56. The highest BCUT2D eigenvalue weighted by Gasteiger charge is 2.40. The van der Waals surface area contributed by atoms with Gasteiger partial charge >= 0.3 is 0 Å². The summed E-state index contributed by atoms with van der Waals surface area (Å²) >= 11 is 0. The van der Waals surface area contributed by atoms with Gasteiger partial charge in [0.2, 0.25) is 5.91 Å². The zero-order valence-electron chi connectivity index (χ0n) is 14.1. The Balaban J connectivity index is 1.83. The molecule has 2 fully saturated rings. The van der Waals surface area contributed by atoms with Crippen molar-refractivity contribution in [3.05, 3.63) is 0 Å². The number of β-amino-alcohol motifs (C(OH)–C–C–N with tert-alkyl or cyclic N) is 1. The lowest BCUT2D eigenvalue weighted by Gasteiger charge is -2.40. The molecule has 8 nitrogen and oxygen atoms in total. The van der Waals surface area contributed by atoms with E-state index in [1.807, 2.05) is 0 Å². The molecule has 0 bridgehead atoms. The summed E-state index contributed by atoms with van der Waals surface area (Å²) in [7, 11) is 1.57. The van der Waals surface area contributed by atoms with Crippen LogP contribution in [0.1, 0.15) is 6.92 Å². The van der Waals surface area contributed by atoms with Crippen LogP contribution >= 0.6 is 0 Å². The second-order valence-electron chi connectivity index (χ2n) is 6.32. The maximum atomic E-state index is 12.5. The van der Waals surface area contributed by atoms with E-state index in [-0.39, 0.29) is 25.0 Å². The number of hydrogen-bond donors (Lipinski definition) is 2. The standard InChI is InChI=1S/C15H28N4O4/c1-15(14(22)16-2)12-19(8-10-23-15)13(21)11-18-5-3-17(4-6-18)7-9-20/h20H,3-12H2,1-2H3,(H,16,22)/t15-/m1/s1. The van der Waals surface area contributed by atoms with Crippen LogP contribution in [0.15, 0.2) is 0 Å². The highest BCUT2D eigenvalue weighted by atomic mass is 16.5. The summed E-state index contributed by atoms with van der Waals surface area (Å²) < 4.78 is 5.58. The molecular formula is C15H28N4O4. The number of carbonyl (C=O) groups excluding carboxylic acids is 2. The lowest BCUT2D eigenvalue weighted by atomic mass is 10.0. The van der Waals surface area contributed by atoms with Gasteiger partial charge < -0.3 is 20.1 Å². The fraction of sp³-hybridized carbons (Fsp3) is 0.867. The molecule has 2 aliphatic heterocycles. The van der Waals surface area contributed by atoms with Crippen LogP contribution in [-0.2, 0) is 14.3 Å². The third kappa shape index (κ3) is 4.63. The van der Waals surface area contributed by atoms with Gasteiger partial charge in [-0.15, -0.1) is 0 Å². The number of hydrogen-bond acceptors (Lipinski definition) is 6. The minimum Gasteiger partial charge on any atom is -0.395 e. The van der Waals surface area contributed by atoms with Crippen LogP contribution in [0.25, 0.3) is 0 Å². The highest BCUT2D eigenvalue weighted by Crippen LogP contribution is 2.18. The van der Waals surface area contributed by atoms with Gasteiger partial charge in [0.1, 0.15) is 0 Å². The Hall–Kier alpha value is -1.22. The average molecular weight is 328 g/mol. The van der Waals surface area contributed by atoms with Gasteiger partial charge in [0, 0.05) is 46.3 Å². The van der Waals surface area contributed by atoms with Crippen molar-refractivity contribution in [1.29, 1.82) is 0 Å². The molecule has 132 valence electrons. The van der Waals surface area contributed by atoms with E-state index >= 15 is 0 Å². The van der Waals surface area contributed by atoms with Crippen molar-refractivity contribution in [1.82, 2.24) is 20.0 Å². The van der Waals surface area contributed by atoms with Gasteiger partial charge in [-0.2, -0.15) is 0 Å². The number of aliphatic hydroxyl groups is 1. The third-order valence-electron chi connectivity index (χ3n) is 4.57. The van der Waals surface area contributed by atoms with E-state index in [2.05, 4.69) is 15.1 Å². The summed E-state index contributed by atoms with van der Waals surface area (Å²) in [6.07, 6.45) is 0. The minimum absolute atomic E-state index is 0.0408. The van der Waals surface area contributed by atoms with Gasteiger partial charge in [0.25, 0.3) is 5.91 Å². The number of piperazine rings is 1. The Labute approximate surface area is 137 Å². The molecule has 0 aromatic carbocycles. The van der Waals surface area contributed by atoms with Crippen LogP contribution in [0.2, 0.25) is 0 Å². The highest BCUT2D eigenvalue weighted by molar-refractivity contribution is 5.86. The van der Waals surface area contributed by atoms with Gasteiger partial charge in [-0.05, 0) is 6.92 Å². The van der Waals surface area contributed by atoms with Crippen LogP contribution in [0.5, 0.6) is 0 Å². The smallest absolute Gasteiger partial charge is 0.253 e. The van der Waals surface area contributed by atoms with Gasteiger partial charge in [-0.25, -0.2) is 0 Å². The lowest BCUT2D eigenvalue weighted by Crippen LogP contribution is -2.60. The first-order chi connectivity index (χ1) is 11.0. The first kappa shape index (κ1) is 18.1. The Morgan fingerprint density at radius 3 is 2.43 bits per heavy atom. The van der Waals surface area contributed by atoms with Gasteiger partial charge in [0.15, 0.2) is 5.60 Å². The lowest BCUT2D eigenvalue weighted by molar-refractivity contribution is -0.163. The Bertz CT molecular complexity index is 426. The number of nitrogens with zero attached hydrogens (tertiary/aromatic N) is 3. The summed E-state index contributed by atoms with van der Waals surface area (Å²) in [5.41, 5.74) is -0.970. The van der Waals surface area contributed by atoms with Gasteiger partial charge in [0.05, 0.1) is 26.3 Å². The van der Waals surface area contributed by atoms with Crippen molar-refractivity contribution < 1.29 is 19.4 Å². The van der Waals surface area contributed by atoms with Crippen molar-refractivity contribution in [3.8, 4) is 0 Å². The maximum absolute atomic E-state index is 12.5. The van der Waals surface area contributed by atoms with Crippen molar-refractivity contribution in [2.24, 2.45) is 0 Å². The molecule has 8 heteroatoms. The van der Waals surface area contributed by atoms with Crippen LogP contribution in [-0.4, -0.2) is 110 Å². The van der Waals surface area contributed by atoms with Crippen LogP contribution in [0.3, 0.4) is 0 Å². The molecule has 1 atom stereocenters. The number of likely N-dealkylation sites (N-methyl/N-ethyl adjacent to an activating group) is 1. The van der Waals surface area contributed by atoms with Crippen molar-refractivity contribution in [3.63, 3.8) is 0 Å². The Morgan fingerprint density at radius 2 is 1.83 bits per heavy atom. The fourth-order valence-electron chi connectivity index (χ4n) is 3.09. The van der Waals surface area contributed by atoms with Gasteiger partial charge in [-0.3, -0.25) is 19.4 Å². The monoisotopic (exact) mass is 328 g/mol. The topological polar surface area (TPSA) is 85.4 Å². The number of amides is 2. The minimum atomic E-state index is -0.970. The first-order valence-corrected chi connectivity index (χ1v) is 8.18. The van der Waals surface area contributed by atoms with E-state index in [1.165, 1.54) is 0 Å². The molecule has 2 aliphatic rings. The SMILES string of the molecule is CNC(=O)[C@@]1(C)CN(C(=O)CN2CCN(CCO)CC2)CCO1. The maximum Gasteiger partial charge on any atom is 0.253 e. The largest absolute Gasteiger partial charge is 0.395 e. The number of rotatable bonds is 5. The second-order valence-corrected chi connectivity index (χ2v) is 6.32. The Morgan fingerprint density at radius 1 is 1.17 bits per heavy atom. The summed E-state index contributed by atoms with van der Waals surface area (Å²) in [5.74, 6) is -0.161. The van der Waals surface area contributed by atoms with Crippen molar-refractivity contribution in [2.45, 2.75) is 12.5 Å². The molecule has 23 heavy (non-hydrogen) atoms. The summed E-state index contributed by atoms with van der Waals surface area (Å²) in [6.45, 7) is 7.52. The van der Waals surface area contributed by atoms with Crippen molar-refractivity contribution in [2.75, 3.05) is 72.6 Å². The molecule has 2 N–H and O–H groups in total. The quantitative estimate of drug-likeness (QED) is 0.605. The molecule has 2 rings (SSSR count). The van der Waals surface area contributed by atoms with Crippen LogP contribution in [0.4, 0.5) is 0 Å². The number of aliphatic hydroxyl groups excluding tert-OH is 1. The summed E-state index contributed by atoms with van der Waals surface area (Å²) in [4.78, 5) is 30.5. The first-order valence-electron chi connectivity index (χ1n) is 8.18. The molecular weight excluding hydrogens is 300 g/mol. The zero-order chi connectivity index (χ0) is 16.9. The van der Waals surface area contributed by atoms with Crippen molar-refractivity contribution >= 4 is 11.8 Å². The van der Waals surface area contributed by atoms with E-state index < -0.39 is 5.60 Å². The predicted octanol–water partition coefficient (Wildman–Crippen LogP) is -2.04. The number of nitrogens with one attached hydrogen (secondary N) is 1. The summed E-state index contributed by atoms with van der Waals surface area (Å²) in [6, 6.07) is 0. The molecule has 0 spiro atoms. The number of morpholine rings is 1. The molecule has 0 unspecified atom stereocenters.